The molecule has 114 valence electrons. The summed E-state index contributed by atoms with van der Waals surface area (Å²) in [6, 6.07) is 10.2. The molecule has 0 unspecified atom stereocenters. The Morgan fingerprint density at radius 2 is 1.73 bits per heavy atom. The lowest BCUT2D eigenvalue weighted by Crippen LogP contribution is -1.94. The molecule has 0 aromatic heterocycles. The fraction of sp³-hybridized carbons (Fsp3) is 0.190. The van der Waals surface area contributed by atoms with E-state index in [-0.39, 0.29) is 0 Å². The van der Waals surface area contributed by atoms with Crippen molar-refractivity contribution in [2.75, 3.05) is 0 Å². The van der Waals surface area contributed by atoms with Gasteiger partial charge in [0.25, 0.3) is 0 Å². The van der Waals surface area contributed by atoms with Crippen LogP contribution in [0.15, 0.2) is 95.2 Å². The Morgan fingerprint density at radius 3 is 2.27 bits per heavy atom. The molecule has 0 aliphatic heterocycles. The SMILES string of the molecule is C=C/C=C(\C=C/C)C(/C=C(/C)N=C(C)c1ccccc1)=C/C. The van der Waals surface area contributed by atoms with Crippen LogP contribution in [0.4, 0.5) is 0 Å². The second-order valence-electron chi connectivity index (χ2n) is 4.95. The number of hydrogen-bond donors (Lipinski definition) is 0. The van der Waals surface area contributed by atoms with E-state index in [9.17, 15) is 0 Å². The number of nitrogens with zero attached hydrogens (tertiary/aromatic N) is 1. The molecule has 1 nitrogen and oxygen atoms in total. The summed E-state index contributed by atoms with van der Waals surface area (Å²) in [5, 5.41) is 0. The van der Waals surface area contributed by atoms with Crippen LogP contribution < -0.4 is 0 Å². The summed E-state index contributed by atoms with van der Waals surface area (Å²) in [4.78, 5) is 4.70. The van der Waals surface area contributed by atoms with Crippen molar-refractivity contribution >= 4 is 5.71 Å². The summed E-state index contributed by atoms with van der Waals surface area (Å²) in [6.45, 7) is 11.9. The van der Waals surface area contributed by atoms with Gasteiger partial charge < -0.3 is 0 Å². The minimum Gasteiger partial charge on any atom is -0.258 e. The minimum absolute atomic E-state index is 0.980. The zero-order valence-electron chi connectivity index (χ0n) is 14.0. The maximum atomic E-state index is 4.70. The smallest absolute Gasteiger partial charge is 0.0448 e. The van der Waals surface area contributed by atoms with Crippen molar-refractivity contribution in [2.24, 2.45) is 4.99 Å². The number of benzene rings is 1. The minimum atomic E-state index is 0.980. The average Bonchev–Trinajstić information content (AvgIpc) is 2.53. The molecule has 0 amide bonds. The van der Waals surface area contributed by atoms with Crippen molar-refractivity contribution in [1.82, 2.24) is 0 Å². The number of hydrogen-bond acceptors (Lipinski definition) is 1. The molecule has 1 aromatic carbocycles. The normalized spacial score (nSPS) is 14.5. The summed E-state index contributed by atoms with van der Waals surface area (Å²) < 4.78 is 0. The van der Waals surface area contributed by atoms with Crippen LogP contribution in [0.3, 0.4) is 0 Å². The van der Waals surface area contributed by atoms with Crippen LogP contribution >= 0.6 is 0 Å². The monoisotopic (exact) mass is 291 g/mol. The Morgan fingerprint density at radius 1 is 1.05 bits per heavy atom. The maximum absolute atomic E-state index is 4.70. The largest absolute Gasteiger partial charge is 0.258 e. The van der Waals surface area contributed by atoms with Crippen molar-refractivity contribution in [3.8, 4) is 0 Å². The second-order valence-corrected chi connectivity index (χ2v) is 4.95. The fourth-order valence-corrected chi connectivity index (χ4v) is 2.15. The van der Waals surface area contributed by atoms with Gasteiger partial charge in [0.2, 0.25) is 0 Å². The van der Waals surface area contributed by atoms with E-state index in [4.69, 9.17) is 4.99 Å². The third-order valence-corrected chi connectivity index (χ3v) is 3.19. The van der Waals surface area contributed by atoms with Gasteiger partial charge in [0.05, 0.1) is 0 Å². The van der Waals surface area contributed by atoms with Crippen LogP contribution in [0.1, 0.15) is 33.3 Å². The van der Waals surface area contributed by atoms with Crippen LogP contribution in [0, 0.1) is 0 Å². The van der Waals surface area contributed by atoms with Gasteiger partial charge in [0.1, 0.15) is 0 Å². The summed E-state index contributed by atoms with van der Waals surface area (Å²) in [7, 11) is 0. The second kappa shape index (κ2) is 9.51. The highest BCUT2D eigenvalue weighted by Crippen LogP contribution is 2.17. The van der Waals surface area contributed by atoms with Crippen LogP contribution in [-0.4, -0.2) is 5.71 Å². The Kier molecular flexibility index (Phi) is 7.63. The lowest BCUT2D eigenvalue weighted by atomic mass is 10.0. The maximum Gasteiger partial charge on any atom is 0.0448 e. The van der Waals surface area contributed by atoms with Gasteiger partial charge in [0, 0.05) is 11.4 Å². The van der Waals surface area contributed by atoms with Gasteiger partial charge in [-0.2, -0.15) is 0 Å². The van der Waals surface area contributed by atoms with Gasteiger partial charge in [-0.3, -0.25) is 4.99 Å². The molecule has 0 N–H and O–H groups in total. The third kappa shape index (κ3) is 5.53. The summed E-state index contributed by atoms with van der Waals surface area (Å²) in [5.74, 6) is 0. The first-order chi connectivity index (χ1) is 10.6. The first-order valence-corrected chi connectivity index (χ1v) is 7.53. The molecular formula is C21H25N. The topological polar surface area (TPSA) is 12.4 Å². The van der Waals surface area contributed by atoms with Crippen LogP contribution in [0.2, 0.25) is 0 Å². The van der Waals surface area contributed by atoms with E-state index in [2.05, 4.69) is 36.9 Å². The lowest BCUT2D eigenvalue weighted by molar-refractivity contribution is 1.27. The van der Waals surface area contributed by atoms with Crippen LogP contribution in [0.25, 0.3) is 0 Å². The fourth-order valence-electron chi connectivity index (χ4n) is 2.15. The van der Waals surface area contributed by atoms with E-state index >= 15 is 0 Å². The molecule has 0 fully saturated rings. The molecule has 22 heavy (non-hydrogen) atoms. The first kappa shape index (κ1) is 17.6. The third-order valence-electron chi connectivity index (χ3n) is 3.19. The van der Waals surface area contributed by atoms with Crippen LogP contribution in [-0.2, 0) is 0 Å². The highest BCUT2D eigenvalue weighted by molar-refractivity contribution is 5.99. The van der Waals surface area contributed by atoms with E-state index < -0.39 is 0 Å². The number of aliphatic imine (C=N–C) groups is 1. The summed E-state index contributed by atoms with van der Waals surface area (Å²) in [6.07, 6.45) is 12.1. The molecule has 0 saturated carbocycles. The standard InChI is InChI=1S/C21H25N/c1-6-12-21(13-7-2)19(8-3)16-17(4)22-18(5)20-14-10-9-11-15-20/h6-16H,1H2,2-5H3/b13-7-,17-16-,19-8+,21-12+,22-18?. The van der Waals surface area contributed by atoms with E-state index in [1.807, 2.05) is 58.0 Å². The zero-order chi connectivity index (χ0) is 16.4. The first-order valence-electron chi connectivity index (χ1n) is 7.53. The molecule has 0 spiro atoms. The van der Waals surface area contributed by atoms with Crippen molar-refractivity contribution < 1.29 is 0 Å². The molecule has 0 aliphatic rings. The molecule has 0 atom stereocenters. The highest BCUT2D eigenvalue weighted by atomic mass is 14.7. The summed E-state index contributed by atoms with van der Waals surface area (Å²) >= 11 is 0. The molecule has 1 rings (SSSR count). The van der Waals surface area contributed by atoms with E-state index in [0.29, 0.717) is 0 Å². The van der Waals surface area contributed by atoms with Gasteiger partial charge in [-0.1, -0.05) is 67.3 Å². The summed E-state index contributed by atoms with van der Waals surface area (Å²) in [5.41, 5.74) is 5.42. The molecule has 0 bridgehead atoms. The van der Waals surface area contributed by atoms with Gasteiger partial charge in [-0.05, 0) is 50.5 Å². The number of allylic oxidation sites excluding steroid dienone is 9. The Bertz CT molecular complexity index is 638. The lowest BCUT2D eigenvalue weighted by Gasteiger charge is -2.05. The Hall–Kier alpha value is -2.41. The average molecular weight is 291 g/mol. The van der Waals surface area contributed by atoms with Crippen molar-refractivity contribution in [1.29, 1.82) is 0 Å². The van der Waals surface area contributed by atoms with Gasteiger partial charge in [0.15, 0.2) is 0 Å². The van der Waals surface area contributed by atoms with E-state index in [1.165, 1.54) is 0 Å². The van der Waals surface area contributed by atoms with Crippen molar-refractivity contribution in [3.05, 3.63) is 95.8 Å². The Labute approximate surface area is 134 Å². The molecule has 0 aliphatic carbocycles. The van der Waals surface area contributed by atoms with E-state index in [0.717, 1.165) is 28.1 Å². The molecular weight excluding hydrogens is 266 g/mol. The predicted octanol–water partition coefficient (Wildman–Crippen LogP) is 6.03. The highest BCUT2D eigenvalue weighted by Gasteiger charge is 2.00. The van der Waals surface area contributed by atoms with Crippen molar-refractivity contribution in [2.45, 2.75) is 27.7 Å². The molecule has 0 heterocycles. The van der Waals surface area contributed by atoms with Gasteiger partial charge >= 0.3 is 0 Å². The number of rotatable bonds is 6. The Balaban J connectivity index is 3.09. The van der Waals surface area contributed by atoms with Gasteiger partial charge in [-0.25, -0.2) is 0 Å². The zero-order valence-corrected chi connectivity index (χ0v) is 14.0. The molecule has 1 heteroatoms. The quantitative estimate of drug-likeness (QED) is 0.448. The molecule has 1 aromatic rings. The molecule has 0 radical (unpaired) electrons. The van der Waals surface area contributed by atoms with E-state index in [1.54, 1.807) is 6.08 Å². The van der Waals surface area contributed by atoms with Crippen molar-refractivity contribution in [3.63, 3.8) is 0 Å². The van der Waals surface area contributed by atoms with Gasteiger partial charge in [-0.15, -0.1) is 0 Å². The van der Waals surface area contributed by atoms with Crippen LogP contribution in [0.5, 0.6) is 0 Å². The predicted molar refractivity (Wildman–Crippen MR) is 99.3 cm³/mol. The molecule has 0 saturated heterocycles.